The summed E-state index contributed by atoms with van der Waals surface area (Å²) in [6.45, 7) is 12.7. The number of allylic oxidation sites excluding steroid dienone is 2. The summed E-state index contributed by atoms with van der Waals surface area (Å²) in [4.78, 5) is 25.0. The fourth-order valence-corrected chi connectivity index (χ4v) is 5.13. The predicted octanol–water partition coefficient (Wildman–Crippen LogP) is 2.94. The van der Waals surface area contributed by atoms with Gasteiger partial charge in [0, 0.05) is 18.3 Å². The highest BCUT2D eigenvalue weighted by Gasteiger charge is 2.53. The van der Waals surface area contributed by atoms with Gasteiger partial charge in [-0.3, -0.25) is 9.59 Å². The fourth-order valence-electron chi connectivity index (χ4n) is 3.77. The Morgan fingerprint density at radius 1 is 1.28 bits per heavy atom. The van der Waals surface area contributed by atoms with Gasteiger partial charge < -0.3 is 14.3 Å². The van der Waals surface area contributed by atoms with Gasteiger partial charge in [0.25, 0.3) is 0 Å². The zero-order chi connectivity index (χ0) is 19.2. The number of carbonyl (C=O) groups is 2. The fraction of sp³-hybridized carbons (Fsp3) is 0.789. The molecule has 0 heterocycles. The van der Waals surface area contributed by atoms with E-state index in [1.54, 1.807) is 0 Å². The van der Waals surface area contributed by atoms with Gasteiger partial charge >= 0.3 is 5.97 Å². The molecule has 0 aromatic carbocycles. The quantitative estimate of drug-likeness (QED) is 0.471. The predicted molar refractivity (Wildman–Crippen MR) is 98.5 cm³/mol. The third-order valence-corrected chi connectivity index (χ3v) is 10.8. The molecular formula is C19H32O5Si. The highest BCUT2D eigenvalue weighted by atomic mass is 28.4. The molecule has 142 valence electrons. The van der Waals surface area contributed by atoms with E-state index < -0.39 is 26.3 Å². The molecular weight excluding hydrogens is 336 g/mol. The zero-order valence-corrected chi connectivity index (χ0v) is 17.4. The summed E-state index contributed by atoms with van der Waals surface area (Å²) in [5, 5.41) is 10.3. The Hall–Kier alpha value is -0.983. The maximum Gasteiger partial charge on any atom is 0.309 e. The second-order valence-electron chi connectivity index (χ2n) is 8.97. The molecule has 0 aliphatic heterocycles. The first-order valence-electron chi connectivity index (χ1n) is 9.06. The molecule has 0 amide bonds. The summed E-state index contributed by atoms with van der Waals surface area (Å²) in [5.41, 5.74) is 0. The lowest BCUT2D eigenvalue weighted by Crippen LogP contribution is -2.57. The molecule has 5 nitrogen and oxygen atoms in total. The average Bonchev–Trinajstić information content (AvgIpc) is 2.50. The molecule has 0 bridgehead atoms. The van der Waals surface area contributed by atoms with E-state index in [2.05, 4.69) is 33.9 Å². The maximum absolute atomic E-state index is 12.5. The number of ketones is 1. The van der Waals surface area contributed by atoms with E-state index in [4.69, 9.17) is 9.16 Å². The van der Waals surface area contributed by atoms with E-state index in [0.29, 0.717) is 0 Å². The summed E-state index contributed by atoms with van der Waals surface area (Å²) >= 11 is 0. The molecule has 6 atom stereocenters. The number of aliphatic hydroxyl groups is 1. The number of hydrogen-bond acceptors (Lipinski definition) is 5. The van der Waals surface area contributed by atoms with Gasteiger partial charge in [-0.25, -0.2) is 0 Å². The standard InChI is InChI=1S/C19H32O5Si/c1-11-8-9-12-16(15(11)18(22)23-5)14(10-13(20)17(12)21)24-25(6,7)19(2,3)4/h8-9,11-16,20H,10H2,1-7H3/t11-,12?,13-,14-,15-,16+/m0/s1. The van der Waals surface area contributed by atoms with Gasteiger partial charge in [0.1, 0.15) is 6.10 Å². The van der Waals surface area contributed by atoms with E-state index >= 15 is 0 Å². The van der Waals surface area contributed by atoms with Crippen molar-refractivity contribution in [3.8, 4) is 0 Å². The SMILES string of the molecule is COC(=O)[C@@H]1[C@@H]2C(C=C[C@@H]1C)C(=O)[C@@H](O)C[C@@H]2O[Si](C)(C)C(C)(C)C. The smallest absolute Gasteiger partial charge is 0.309 e. The molecule has 2 aliphatic carbocycles. The zero-order valence-electron chi connectivity index (χ0n) is 16.4. The van der Waals surface area contributed by atoms with Crippen molar-refractivity contribution in [1.29, 1.82) is 0 Å². The molecule has 0 saturated heterocycles. The van der Waals surface area contributed by atoms with Crippen molar-refractivity contribution < 1.29 is 23.9 Å². The van der Waals surface area contributed by atoms with Crippen molar-refractivity contribution in [1.82, 2.24) is 0 Å². The summed E-state index contributed by atoms with van der Waals surface area (Å²) in [6.07, 6.45) is 2.63. The van der Waals surface area contributed by atoms with Gasteiger partial charge in [-0.2, -0.15) is 0 Å². The van der Waals surface area contributed by atoms with E-state index in [1.165, 1.54) is 7.11 Å². The van der Waals surface area contributed by atoms with Gasteiger partial charge in [-0.05, 0) is 24.1 Å². The first-order valence-corrected chi connectivity index (χ1v) is 12.0. The molecule has 1 saturated carbocycles. The highest BCUT2D eigenvalue weighted by Crippen LogP contribution is 2.46. The second kappa shape index (κ2) is 6.97. The van der Waals surface area contributed by atoms with Crippen LogP contribution in [0.25, 0.3) is 0 Å². The molecule has 1 fully saturated rings. The summed E-state index contributed by atoms with van der Waals surface area (Å²) in [5.74, 6) is -1.73. The Balaban J connectivity index is 2.42. The molecule has 6 heteroatoms. The molecule has 0 radical (unpaired) electrons. The molecule has 25 heavy (non-hydrogen) atoms. The number of esters is 1. The molecule has 0 aromatic heterocycles. The van der Waals surface area contributed by atoms with Crippen molar-refractivity contribution in [2.24, 2.45) is 23.7 Å². The number of carbonyl (C=O) groups excluding carboxylic acids is 2. The lowest BCUT2D eigenvalue weighted by Gasteiger charge is -2.49. The van der Waals surface area contributed by atoms with Gasteiger partial charge in [0.15, 0.2) is 14.1 Å². The lowest BCUT2D eigenvalue weighted by atomic mass is 9.63. The monoisotopic (exact) mass is 368 g/mol. The molecule has 0 aromatic rings. The van der Waals surface area contributed by atoms with Gasteiger partial charge in [0.05, 0.1) is 19.1 Å². The van der Waals surface area contributed by atoms with Crippen LogP contribution < -0.4 is 0 Å². The minimum atomic E-state index is -2.12. The minimum absolute atomic E-state index is 0.00574. The van der Waals surface area contributed by atoms with Crippen molar-refractivity contribution in [2.45, 2.75) is 64.5 Å². The van der Waals surface area contributed by atoms with Gasteiger partial charge in [-0.15, -0.1) is 0 Å². The van der Waals surface area contributed by atoms with Gasteiger partial charge in [0.2, 0.25) is 0 Å². The largest absolute Gasteiger partial charge is 0.469 e. The topological polar surface area (TPSA) is 72.8 Å². The Labute approximate surface area is 151 Å². The van der Waals surface area contributed by atoms with Crippen LogP contribution in [0.3, 0.4) is 0 Å². The van der Waals surface area contributed by atoms with Crippen LogP contribution in [-0.4, -0.2) is 44.5 Å². The summed E-state index contributed by atoms with van der Waals surface area (Å²) in [7, 11) is -0.735. The number of Topliss-reactive ketones (excluding diaryl/α,β-unsaturated/α-hetero) is 1. The molecule has 1 unspecified atom stereocenters. The summed E-state index contributed by atoms with van der Waals surface area (Å²) in [6, 6.07) is 0. The number of rotatable bonds is 3. The van der Waals surface area contributed by atoms with Crippen molar-refractivity contribution in [3.05, 3.63) is 12.2 Å². The Morgan fingerprint density at radius 3 is 2.40 bits per heavy atom. The molecule has 1 N–H and O–H groups in total. The maximum atomic E-state index is 12.5. The second-order valence-corrected chi connectivity index (χ2v) is 13.7. The molecule has 2 aliphatic rings. The average molecular weight is 369 g/mol. The van der Waals surface area contributed by atoms with Crippen LogP contribution in [0.5, 0.6) is 0 Å². The number of aliphatic hydroxyl groups excluding tert-OH is 1. The van der Waals surface area contributed by atoms with E-state index in [9.17, 15) is 14.7 Å². The summed E-state index contributed by atoms with van der Waals surface area (Å²) < 4.78 is 11.6. The van der Waals surface area contributed by atoms with Crippen LogP contribution in [0.15, 0.2) is 12.2 Å². The van der Waals surface area contributed by atoms with E-state index in [-0.39, 0.29) is 41.2 Å². The number of fused-ring (bicyclic) bond motifs is 1. The van der Waals surface area contributed by atoms with Crippen LogP contribution >= 0.6 is 0 Å². The number of hydrogen-bond donors (Lipinski definition) is 1. The van der Waals surface area contributed by atoms with Crippen LogP contribution in [0.4, 0.5) is 0 Å². The van der Waals surface area contributed by atoms with Crippen molar-refractivity contribution in [3.63, 3.8) is 0 Å². The Morgan fingerprint density at radius 2 is 1.88 bits per heavy atom. The lowest BCUT2D eigenvalue weighted by molar-refractivity contribution is -0.159. The highest BCUT2D eigenvalue weighted by molar-refractivity contribution is 6.74. The first kappa shape index (κ1) is 20.3. The number of methoxy groups -OCH3 is 1. The third-order valence-electron chi connectivity index (χ3n) is 6.29. The number of ether oxygens (including phenoxy) is 1. The van der Waals surface area contributed by atoms with E-state index in [0.717, 1.165) is 0 Å². The van der Waals surface area contributed by atoms with Gasteiger partial charge in [-0.1, -0.05) is 39.8 Å². The molecule has 0 spiro atoms. The van der Waals surface area contributed by atoms with Crippen LogP contribution in [0.1, 0.15) is 34.1 Å². The van der Waals surface area contributed by atoms with Crippen molar-refractivity contribution in [2.75, 3.05) is 7.11 Å². The Bertz CT molecular complexity index is 563. The van der Waals surface area contributed by atoms with Crippen LogP contribution in [-0.2, 0) is 18.8 Å². The Kier molecular flexibility index (Phi) is 5.67. The van der Waals surface area contributed by atoms with Crippen LogP contribution in [0.2, 0.25) is 18.1 Å². The van der Waals surface area contributed by atoms with Crippen molar-refractivity contribution >= 4 is 20.1 Å². The minimum Gasteiger partial charge on any atom is -0.469 e. The van der Waals surface area contributed by atoms with Crippen LogP contribution in [0, 0.1) is 23.7 Å². The normalized spacial score (nSPS) is 36.1. The third kappa shape index (κ3) is 3.76. The first-order chi connectivity index (χ1) is 11.4. The molecule has 2 rings (SSSR count). The van der Waals surface area contributed by atoms with E-state index in [1.807, 2.05) is 19.1 Å².